The molecule has 78 valence electrons. The van der Waals surface area contributed by atoms with Gasteiger partial charge in [-0.15, -0.1) is 11.6 Å². The van der Waals surface area contributed by atoms with Gasteiger partial charge in [0.1, 0.15) is 5.38 Å². The van der Waals surface area contributed by atoms with Gasteiger partial charge in [-0.25, -0.2) is 0 Å². The van der Waals surface area contributed by atoms with E-state index in [2.05, 4.69) is 0 Å². The lowest BCUT2D eigenvalue weighted by Gasteiger charge is -2.07. The number of carboxylic acids is 1. The summed E-state index contributed by atoms with van der Waals surface area (Å²) < 4.78 is 1.85. The minimum absolute atomic E-state index is 0.282. The van der Waals surface area contributed by atoms with E-state index < -0.39 is 11.3 Å². The highest BCUT2D eigenvalue weighted by Crippen LogP contribution is 2.16. The fraction of sp³-hybridized carbons (Fsp3) is 0.182. The Bertz CT molecular complexity index is 492. The molecule has 0 radical (unpaired) electrons. The number of benzene rings is 1. The number of rotatable bonds is 3. The summed E-state index contributed by atoms with van der Waals surface area (Å²) in [4.78, 5) is 10.6. The second-order valence-electron chi connectivity index (χ2n) is 3.33. The van der Waals surface area contributed by atoms with Crippen LogP contribution < -0.4 is 0 Å². The van der Waals surface area contributed by atoms with E-state index in [9.17, 15) is 4.79 Å². The number of para-hydroxylation sites is 1. The molecule has 1 aromatic carbocycles. The molecule has 0 bridgehead atoms. The maximum atomic E-state index is 10.6. The highest BCUT2D eigenvalue weighted by Gasteiger charge is 2.14. The SMILES string of the molecule is O=C(O)C(Cl)Cn1ccc2ccccc21. The lowest BCUT2D eigenvalue weighted by Crippen LogP contribution is -2.19. The van der Waals surface area contributed by atoms with Crippen molar-refractivity contribution in [3.05, 3.63) is 36.5 Å². The quantitative estimate of drug-likeness (QED) is 0.812. The Morgan fingerprint density at radius 3 is 2.87 bits per heavy atom. The number of alkyl halides is 1. The van der Waals surface area contributed by atoms with Crippen LogP contribution in [0.4, 0.5) is 0 Å². The maximum Gasteiger partial charge on any atom is 0.323 e. The number of halogens is 1. The Morgan fingerprint density at radius 1 is 1.40 bits per heavy atom. The van der Waals surface area contributed by atoms with Crippen LogP contribution >= 0.6 is 11.6 Å². The van der Waals surface area contributed by atoms with Crippen LogP contribution in [-0.2, 0) is 11.3 Å². The molecule has 0 spiro atoms. The summed E-state index contributed by atoms with van der Waals surface area (Å²) in [6, 6.07) is 9.74. The molecular weight excluding hydrogens is 214 g/mol. The Morgan fingerprint density at radius 2 is 2.13 bits per heavy atom. The van der Waals surface area contributed by atoms with Crippen molar-refractivity contribution in [1.29, 1.82) is 0 Å². The van der Waals surface area contributed by atoms with E-state index in [1.54, 1.807) is 0 Å². The van der Waals surface area contributed by atoms with Gasteiger partial charge in [0, 0.05) is 18.3 Å². The molecule has 3 nitrogen and oxygen atoms in total. The third-order valence-electron chi connectivity index (χ3n) is 2.31. The summed E-state index contributed by atoms with van der Waals surface area (Å²) in [5, 5.41) is 8.91. The first-order valence-electron chi connectivity index (χ1n) is 4.59. The molecule has 2 rings (SSSR count). The van der Waals surface area contributed by atoms with Crippen LogP contribution in [0.2, 0.25) is 0 Å². The Balaban J connectivity index is 2.32. The molecule has 2 aromatic rings. The number of fused-ring (bicyclic) bond motifs is 1. The average Bonchev–Trinajstić information content (AvgIpc) is 2.62. The van der Waals surface area contributed by atoms with E-state index in [1.807, 2.05) is 41.1 Å². The van der Waals surface area contributed by atoms with Crippen molar-refractivity contribution in [3.8, 4) is 0 Å². The van der Waals surface area contributed by atoms with Gasteiger partial charge in [0.15, 0.2) is 0 Å². The summed E-state index contributed by atoms with van der Waals surface area (Å²) in [6.45, 7) is 0.282. The van der Waals surface area contributed by atoms with Crippen LogP contribution in [-0.4, -0.2) is 21.0 Å². The molecule has 1 heterocycles. The van der Waals surface area contributed by atoms with Gasteiger partial charge >= 0.3 is 5.97 Å². The summed E-state index contributed by atoms with van der Waals surface area (Å²) in [6.07, 6.45) is 1.85. The Labute approximate surface area is 91.9 Å². The predicted octanol–water partition coefficient (Wildman–Crippen LogP) is 2.33. The number of aromatic nitrogens is 1. The fourth-order valence-corrected chi connectivity index (χ4v) is 1.70. The van der Waals surface area contributed by atoms with E-state index in [1.165, 1.54) is 0 Å². The third kappa shape index (κ3) is 1.97. The normalized spacial score (nSPS) is 12.9. The highest BCUT2D eigenvalue weighted by atomic mass is 35.5. The summed E-state index contributed by atoms with van der Waals surface area (Å²) in [5.74, 6) is -0.991. The van der Waals surface area contributed by atoms with Crippen LogP contribution in [0.25, 0.3) is 10.9 Å². The summed E-state index contributed by atoms with van der Waals surface area (Å²) in [5.41, 5.74) is 1.00. The van der Waals surface area contributed by atoms with Gasteiger partial charge < -0.3 is 9.67 Å². The number of aliphatic carboxylic acids is 1. The van der Waals surface area contributed by atoms with Crippen LogP contribution in [0, 0.1) is 0 Å². The van der Waals surface area contributed by atoms with E-state index >= 15 is 0 Å². The average molecular weight is 224 g/mol. The molecule has 1 unspecified atom stereocenters. The molecule has 15 heavy (non-hydrogen) atoms. The van der Waals surface area contributed by atoms with Gasteiger partial charge in [0.25, 0.3) is 0 Å². The number of carbonyl (C=O) groups is 1. The van der Waals surface area contributed by atoms with Crippen molar-refractivity contribution in [1.82, 2.24) is 4.57 Å². The second-order valence-corrected chi connectivity index (χ2v) is 3.86. The lowest BCUT2D eigenvalue weighted by atomic mass is 10.2. The van der Waals surface area contributed by atoms with Crippen LogP contribution in [0.15, 0.2) is 36.5 Å². The van der Waals surface area contributed by atoms with Crippen molar-refractivity contribution in [2.24, 2.45) is 0 Å². The van der Waals surface area contributed by atoms with Crippen molar-refractivity contribution < 1.29 is 9.90 Å². The number of hydrogen-bond donors (Lipinski definition) is 1. The van der Waals surface area contributed by atoms with Crippen LogP contribution in [0.1, 0.15) is 0 Å². The molecular formula is C11H10ClNO2. The van der Waals surface area contributed by atoms with Gasteiger partial charge in [-0.3, -0.25) is 4.79 Å². The minimum Gasteiger partial charge on any atom is -0.480 e. The maximum absolute atomic E-state index is 10.6. The molecule has 1 atom stereocenters. The van der Waals surface area contributed by atoms with Gasteiger partial charge in [0.05, 0.1) is 0 Å². The third-order valence-corrected chi connectivity index (χ3v) is 2.63. The summed E-state index contributed by atoms with van der Waals surface area (Å²) >= 11 is 5.69. The van der Waals surface area contributed by atoms with E-state index in [4.69, 9.17) is 16.7 Å². The van der Waals surface area contributed by atoms with Crippen molar-refractivity contribution in [2.45, 2.75) is 11.9 Å². The Kier molecular flexibility index (Phi) is 2.64. The summed E-state index contributed by atoms with van der Waals surface area (Å²) in [7, 11) is 0. The standard InChI is InChI=1S/C11H10ClNO2/c12-9(11(14)15)7-13-6-5-8-3-1-2-4-10(8)13/h1-6,9H,7H2,(H,14,15). The van der Waals surface area contributed by atoms with Gasteiger partial charge in [-0.05, 0) is 17.5 Å². The molecule has 0 amide bonds. The zero-order valence-corrected chi connectivity index (χ0v) is 8.69. The molecule has 1 N–H and O–H groups in total. The highest BCUT2D eigenvalue weighted by molar-refractivity contribution is 6.29. The van der Waals surface area contributed by atoms with Gasteiger partial charge in [-0.2, -0.15) is 0 Å². The van der Waals surface area contributed by atoms with E-state index in [0.29, 0.717) is 0 Å². The molecule has 0 fully saturated rings. The van der Waals surface area contributed by atoms with Crippen LogP contribution in [0.5, 0.6) is 0 Å². The smallest absolute Gasteiger partial charge is 0.323 e. The molecule has 0 aliphatic heterocycles. The zero-order chi connectivity index (χ0) is 10.8. The molecule has 0 aliphatic rings. The largest absolute Gasteiger partial charge is 0.480 e. The minimum atomic E-state index is -0.991. The Hall–Kier alpha value is -1.48. The lowest BCUT2D eigenvalue weighted by molar-refractivity contribution is -0.136. The first kappa shape index (κ1) is 10.1. The van der Waals surface area contributed by atoms with Gasteiger partial charge in [0.2, 0.25) is 0 Å². The second kappa shape index (κ2) is 3.95. The molecule has 0 aliphatic carbocycles. The number of carboxylic acid groups (broad SMARTS) is 1. The van der Waals surface area contributed by atoms with Gasteiger partial charge in [-0.1, -0.05) is 18.2 Å². The first-order valence-corrected chi connectivity index (χ1v) is 5.03. The number of nitrogens with zero attached hydrogens (tertiary/aromatic N) is 1. The molecule has 4 heteroatoms. The number of hydrogen-bond acceptors (Lipinski definition) is 1. The van der Waals surface area contributed by atoms with E-state index in [0.717, 1.165) is 10.9 Å². The molecule has 0 saturated carbocycles. The fourth-order valence-electron chi connectivity index (χ4n) is 1.55. The van der Waals surface area contributed by atoms with Crippen molar-refractivity contribution in [2.75, 3.05) is 0 Å². The van der Waals surface area contributed by atoms with Crippen molar-refractivity contribution in [3.63, 3.8) is 0 Å². The van der Waals surface area contributed by atoms with Crippen molar-refractivity contribution >= 4 is 28.5 Å². The van der Waals surface area contributed by atoms with E-state index in [-0.39, 0.29) is 6.54 Å². The first-order chi connectivity index (χ1) is 7.18. The molecule has 0 saturated heterocycles. The topological polar surface area (TPSA) is 42.2 Å². The molecule has 1 aromatic heterocycles. The monoisotopic (exact) mass is 223 g/mol. The predicted molar refractivity (Wildman–Crippen MR) is 59.2 cm³/mol. The zero-order valence-electron chi connectivity index (χ0n) is 7.93. The van der Waals surface area contributed by atoms with Crippen LogP contribution in [0.3, 0.4) is 0 Å².